The van der Waals surface area contributed by atoms with Crippen LogP contribution in [0.1, 0.15) is 12.5 Å². The maximum atomic E-state index is 12.7. The van der Waals surface area contributed by atoms with E-state index in [9.17, 15) is 14.7 Å². The summed E-state index contributed by atoms with van der Waals surface area (Å²) in [5.74, 6) is 0.172. The van der Waals surface area contributed by atoms with E-state index in [1.54, 1.807) is 67.5 Å². The molecule has 3 aromatic carbocycles. The molecule has 10 heteroatoms. The summed E-state index contributed by atoms with van der Waals surface area (Å²) in [5.41, 5.74) is 2.21. The van der Waals surface area contributed by atoms with Crippen LogP contribution in [0.4, 0.5) is 10.5 Å². The lowest BCUT2D eigenvalue weighted by molar-refractivity contribution is -0.138. The van der Waals surface area contributed by atoms with Crippen molar-refractivity contribution < 1.29 is 28.9 Å². The van der Waals surface area contributed by atoms with Crippen LogP contribution >= 0.6 is 0 Å². The molecular formula is C28H30N4O6. The van der Waals surface area contributed by atoms with Crippen molar-refractivity contribution in [2.75, 3.05) is 32.3 Å². The van der Waals surface area contributed by atoms with Gasteiger partial charge < -0.3 is 24.7 Å². The molecule has 0 aliphatic carbocycles. The molecule has 0 aliphatic heterocycles. The summed E-state index contributed by atoms with van der Waals surface area (Å²) in [7, 11) is 3.32. The molecule has 0 fully saturated rings. The van der Waals surface area contributed by atoms with Crippen molar-refractivity contribution >= 4 is 29.2 Å². The third kappa shape index (κ3) is 8.37. The number of ether oxygens (including phenoxy) is 3. The molecule has 0 atom stereocenters. The van der Waals surface area contributed by atoms with E-state index in [-0.39, 0.29) is 24.6 Å². The fourth-order valence-corrected chi connectivity index (χ4v) is 3.36. The Morgan fingerprint density at radius 1 is 0.947 bits per heavy atom. The first kappa shape index (κ1) is 27.7. The summed E-state index contributed by atoms with van der Waals surface area (Å²) < 4.78 is 16.3. The molecule has 2 N–H and O–H groups in total. The standard InChI is InChI=1S/C28H30N4O6/c1-20(29)26(30-31(2)22-9-5-4-6-10-22)19-37-25-11-7-8-21(16-25)17-32(18-27(33)34)28(35)38-24-14-12-23(36-3)13-15-24/h4-16,29H,17-19H2,1-3H3,(H,33,34)/b29-20?,30-26-. The van der Waals surface area contributed by atoms with E-state index in [2.05, 4.69) is 5.10 Å². The van der Waals surface area contributed by atoms with Crippen molar-refractivity contribution in [1.82, 2.24) is 4.90 Å². The van der Waals surface area contributed by atoms with Gasteiger partial charge in [0.15, 0.2) is 0 Å². The van der Waals surface area contributed by atoms with Gasteiger partial charge in [-0.3, -0.25) is 14.7 Å². The third-order valence-electron chi connectivity index (χ3n) is 5.33. The average molecular weight is 519 g/mol. The lowest BCUT2D eigenvalue weighted by atomic mass is 10.2. The van der Waals surface area contributed by atoms with Gasteiger partial charge >= 0.3 is 12.1 Å². The number of benzene rings is 3. The van der Waals surface area contributed by atoms with E-state index in [1.165, 1.54) is 7.11 Å². The Bertz CT molecular complexity index is 1280. The zero-order valence-electron chi connectivity index (χ0n) is 21.5. The van der Waals surface area contributed by atoms with E-state index < -0.39 is 18.6 Å². The first-order valence-electron chi connectivity index (χ1n) is 11.7. The molecular weight excluding hydrogens is 488 g/mol. The fourth-order valence-electron chi connectivity index (χ4n) is 3.36. The molecule has 0 aromatic heterocycles. The highest BCUT2D eigenvalue weighted by atomic mass is 16.6. The summed E-state index contributed by atoms with van der Waals surface area (Å²) in [6, 6.07) is 22.9. The van der Waals surface area contributed by atoms with E-state index in [1.807, 2.05) is 30.3 Å². The second kappa shape index (κ2) is 13.4. The zero-order chi connectivity index (χ0) is 27.5. The minimum Gasteiger partial charge on any atom is -0.497 e. The molecule has 0 heterocycles. The first-order chi connectivity index (χ1) is 18.2. The number of rotatable bonds is 12. The molecule has 0 radical (unpaired) electrons. The SMILES string of the molecule is COc1ccc(OC(=O)N(CC(=O)O)Cc2cccc(OC/C(=N/N(C)c3ccccc3)C(C)=N)c2)cc1. The molecule has 0 spiro atoms. The van der Waals surface area contributed by atoms with Crippen molar-refractivity contribution in [2.45, 2.75) is 13.5 Å². The van der Waals surface area contributed by atoms with E-state index in [0.29, 0.717) is 22.8 Å². The number of amides is 1. The number of methoxy groups -OCH3 is 1. The number of anilines is 1. The summed E-state index contributed by atoms with van der Waals surface area (Å²) in [4.78, 5) is 25.2. The molecule has 0 saturated carbocycles. The predicted molar refractivity (Wildman–Crippen MR) is 145 cm³/mol. The fraction of sp³-hybridized carbons (Fsp3) is 0.214. The lowest BCUT2D eigenvalue weighted by Gasteiger charge is -2.21. The summed E-state index contributed by atoms with van der Waals surface area (Å²) >= 11 is 0. The maximum Gasteiger partial charge on any atom is 0.416 e. The van der Waals surface area contributed by atoms with Gasteiger partial charge in [-0.25, -0.2) is 4.79 Å². The Labute approximate surface area is 221 Å². The van der Waals surface area contributed by atoms with Crippen molar-refractivity contribution in [3.05, 3.63) is 84.4 Å². The molecule has 0 bridgehead atoms. The molecule has 198 valence electrons. The van der Waals surface area contributed by atoms with E-state index in [0.717, 1.165) is 10.6 Å². The topological polar surface area (TPSA) is 125 Å². The third-order valence-corrected chi connectivity index (χ3v) is 5.33. The van der Waals surface area contributed by atoms with Gasteiger partial charge in [0.2, 0.25) is 0 Å². The predicted octanol–water partition coefficient (Wildman–Crippen LogP) is 4.69. The van der Waals surface area contributed by atoms with Gasteiger partial charge in [-0.15, -0.1) is 0 Å². The smallest absolute Gasteiger partial charge is 0.416 e. The largest absolute Gasteiger partial charge is 0.497 e. The number of hydrazone groups is 1. The summed E-state index contributed by atoms with van der Waals surface area (Å²) in [5, 5.41) is 23.6. The van der Waals surface area contributed by atoms with Crippen molar-refractivity contribution in [3.63, 3.8) is 0 Å². The number of para-hydroxylation sites is 1. The first-order valence-corrected chi connectivity index (χ1v) is 11.7. The van der Waals surface area contributed by atoms with Gasteiger partial charge in [-0.05, 0) is 61.0 Å². The Morgan fingerprint density at radius 2 is 1.63 bits per heavy atom. The number of carbonyl (C=O) groups is 2. The van der Waals surface area contributed by atoms with Gasteiger partial charge in [0.1, 0.15) is 36.1 Å². The van der Waals surface area contributed by atoms with Crippen molar-refractivity contribution in [1.29, 1.82) is 5.41 Å². The van der Waals surface area contributed by atoms with Crippen LogP contribution < -0.4 is 19.2 Å². The minimum absolute atomic E-state index is 0.0141. The van der Waals surface area contributed by atoms with Crippen LogP contribution in [0.3, 0.4) is 0 Å². The number of carbonyl (C=O) groups excluding carboxylic acids is 1. The van der Waals surface area contributed by atoms with Crippen molar-refractivity contribution in [3.8, 4) is 17.2 Å². The summed E-state index contributed by atoms with van der Waals surface area (Å²) in [6.45, 7) is 1.12. The second-order valence-corrected chi connectivity index (χ2v) is 8.26. The van der Waals surface area contributed by atoms with E-state index >= 15 is 0 Å². The number of nitrogens with one attached hydrogen (secondary N) is 1. The lowest BCUT2D eigenvalue weighted by Crippen LogP contribution is -2.37. The molecule has 3 rings (SSSR count). The summed E-state index contributed by atoms with van der Waals surface area (Å²) in [6.07, 6.45) is -0.804. The molecule has 0 aliphatic rings. The molecule has 3 aromatic rings. The number of hydrogen-bond donors (Lipinski definition) is 2. The Balaban J connectivity index is 1.68. The quantitative estimate of drug-likeness (QED) is 0.263. The number of hydrogen-bond acceptors (Lipinski definition) is 8. The van der Waals surface area contributed by atoms with Crippen LogP contribution in [0, 0.1) is 5.41 Å². The zero-order valence-corrected chi connectivity index (χ0v) is 21.5. The number of carboxylic acid groups (broad SMARTS) is 1. The molecule has 38 heavy (non-hydrogen) atoms. The minimum atomic E-state index is -1.17. The van der Waals surface area contributed by atoms with E-state index in [4.69, 9.17) is 19.6 Å². The Hall–Kier alpha value is -4.86. The van der Waals surface area contributed by atoms with Crippen LogP contribution in [-0.2, 0) is 11.3 Å². The van der Waals surface area contributed by atoms with Gasteiger partial charge in [0.25, 0.3) is 0 Å². The molecule has 10 nitrogen and oxygen atoms in total. The highest BCUT2D eigenvalue weighted by Gasteiger charge is 2.20. The Kier molecular flexibility index (Phi) is 9.81. The van der Waals surface area contributed by atoms with Gasteiger partial charge in [-0.1, -0.05) is 30.3 Å². The van der Waals surface area contributed by atoms with Crippen LogP contribution in [0.15, 0.2) is 84.0 Å². The van der Waals surface area contributed by atoms with Gasteiger partial charge in [0.05, 0.1) is 18.5 Å². The monoisotopic (exact) mass is 518 g/mol. The van der Waals surface area contributed by atoms with Crippen LogP contribution in [-0.4, -0.2) is 60.8 Å². The number of carboxylic acids is 1. The number of nitrogens with zero attached hydrogens (tertiary/aromatic N) is 3. The Morgan fingerprint density at radius 3 is 2.26 bits per heavy atom. The normalized spacial score (nSPS) is 10.9. The maximum absolute atomic E-state index is 12.7. The molecule has 1 amide bonds. The van der Waals surface area contributed by atoms with Crippen LogP contribution in [0.5, 0.6) is 17.2 Å². The van der Waals surface area contributed by atoms with Gasteiger partial charge in [0, 0.05) is 13.6 Å². The average Bonchev–Trinajstić information content (AvgIpc) is 2.91. The second-order valence-electron chi connectivity index (χ2n) is 8.26. The molecule has 0 unspecified atom stereocenters. The number of aliphatic carboxylic acids is 1. The molecule has 0 saturated heterocycles. The highest BCUT2D eigenvalue weighted by molar-refractivity contribution is 6.41. The van der Waals surface area contributed by atoms with Crippen LogP contribution in [0.2, 0.25) is 0 Å². The van der Waals surface area contributed by atoms with Crippen LogP contribution in [0.25, 0.3) is 0 Å². The van der Waals surface area contributed by atoms with Gasteiger partial charge in [-0.2, -0.15) is 5.10 Å². The van der Waals surface area contributed by atoms with Crippen molar-refractivity contribution in [2.24, 2.45) is 5.10 Å². The highest BCUT2D eigenvalue weighted by Crippen LogP contribution is 2.20.